The first kappa shape index (κ1) is 19.2. The van der Waals surface area contributed by atoms with Gasteiger partial charge in [-0.15, -0.1) is 0 Å². The molecule has 2 aliphatic rings. The van der Waals surface area contributed by atoms with Gasteiger partial charge in [0, 0.05) is 16.6 Å². The smallest absolute Gasteiger partial charge is 0.275 e. The zero-order chi connectivity index (χ0) is 18.5. The number of carbonyl (C=O) groups is 2. The van der Waals surface area contributed by atoms with Gasteiger partial charge in [0.15, 0.2) is 6.54 Å². The lowest BCUT2D eigenvalue weighted by Gasteiger charge is -2.38. The molecule has 3 rings (SSSR count). The van der Waals surface area contributed by atoms with Gasteiger partial charge < -0.3 is 15.5 Å². The first-order valence-electron chi connectivity index (χ1n) is 9.68. The maximum Gasteiger partial charge on any atom is 0.275 e. The van der Waals surface area contributed by atoms with Gasteiger partial charge in [0.25, 0.3) is 5.91 Å². The highest BCUT2D eigenvalue weighted by Crippen LogP contribution is 2.32. The molecular weight excluding hydrogens is 350 g/mol. The van der Waals surface area contributed by atoms with Crippen LogP contribution >= 0.6 is 11.6 Å². The Labute approximate surface area is 160 Å². The summed E-state index contributed by atoms with van der Waals surface area (Å²) < 4.78 is 0. The topological polar surface area (TPSA) is 62.6 Å². The molecule has 2 fully saturated rings. The number of quaternary nitrogens is 1. The zero-order valence-electron chi connectivity index (χ0n) is 15.4. The number of anilines is 1. The highest BCUT2D eigenvalue weighted by Gasteiger charge is 2.34. The monoisotopic (exact) mass is 378 g/mol. The van der Waals surface area contributed by atoms with E-state index >= 15 is 0 Å². The molecule has 6 heteroatoms. The standard InChI is InChI=1S/C20H28ClN3O2/c1-14-17(21)7-4-8-18(14)23-19(25)11-22-20(26)13-24-10-9-15-5-2-3-6-16(15)12-24/h4,7-8,15-16H,2-3,5-6,9-13H2,1H3,(H,22,26)(H,23,25)/p+1/t15-,16-/m1/s1. The van der Waals surface area contributed by atoms with Gasteiger partial charge in [-0.3, -0.25) is 9.59 Å². The number of benzene rings is 1. The molecule has 1 aliphatic heterocycles. The SMILES string of the molecule is Cc1c(Cl)cccc1NC(=O)CNC(=O)C[NH+]1CC[C@H]2CCCC[C@@H]2C1. The van der Waals surface area contributed by atoms with Crippen molar-refractivity contribution in [3.05, 3.63) is 28.8 Å². The molecule has 3 atom stereocenters. The lowest BCUT2D eigenvalue weighted by Crippen LogP contribution is -3.15. The van der Waals surface area contributed by atoms with Crippen molar-refractivity contribution in [1.82, 2.24) is 5.32 Å². The first-order valence-corrected chi connectivity index (χ1v) is 10.1. The van der Waals surface area contributed by atoms with Gasteiger partial charge in [-0.05, 0) is 49.8 Å². The summed E-state index contributed by atoms with van der Waals surface area (Å²) >= 11 is 6.06. The van der Waals surface area contributed by atoms with Crippen molar-refractivity contribution in [3.63, 3.8) is 0 Å². The molecule has 1 aromatic rings. The zero-order valence-corrected chi connectivity index (χ0v) is 16.2. The van der Waals surface area contributed by atoms with E-state index in [-0.39, 0.29) is 18.4 Å². The third-order valence-electron chi connectivity index (χ3n) is 5.88. The van der Waals surface area contributed by atoms with Crippen LogP contribution in [0.15, 0.2) is 18.2 Å². The van der Waals surface area contributed by atoms with Gasteiger partial charge in [-0.2, -0.15) is 0 Å². The maximum atomic E-state index is 12.2. The summed E-state index contributed by atoms with van der Waals surface area (Å²) in [5.74, 6) is 1.38. The molecule has 1 saturated heterocycles. The van der Waals surface area contributed by atoms with Crippen LogP contribution in [0.2, 0.25) is 5.02 Å². The molecular formula is C20H29ClN3O2+. The molecule has 26 heavy (non-hydrogen) atoms. The summed E-state index contributed by atoms with van der Waals surface area (Å²) in [5, 5.41) is 6.17. The number of carbonyl (C=O) groups excluding carboxylic acids is 2. The molecule has 0 aromatic heterocycles. The maximum absolute atomic E-state index is 12.2. The fourth-order valence-corrected chi connectivity index (χ4v) is 4.54. The van der Waals surface area contributed by atoms with E-state index in [1.54, 1.807) is 18.2 Å². The molecule has 1 saturated carbocycles. The summed E-state index contributed by atoms with van der Waals surface area (Å²) in [7, 11) is 0. The number of hydrogen-bond donors (Lipinski definition) is 3. The highest BCUT2D eigenvalue weighted by atomic mass is 35.5. The Morgan fingerprint density at radius 2 is 1.92 bits per heavy atom. The molecule has 3 N–H and O–H groups in total. The third-order valence-corrected chi connectivity index (χ3v) is 6.29. The van der Waals surface area contributed by atoms with E-state index in [1.807, 2.05) is 6.92 Å². The Hall–Kier alpha value is -1.59. The predicted molar refractivity (Wildman–Crippen MR) is 103 cm³/mol. The summed E-state index contributed by atoms with van der Waals surface area (Å²) in [5.41, 5.74) is 1.51. The Morgan fingerprint density at radius 1 is 1.15 bits per heavy atom. The van der Waals surface area contributed by atoms with E-state index in [0.29, 0.717) is 17.3 Å². The normalized spacial score (nSPS) is 25.2. The molecule has 0 radical (unpaired) electrons. The number of piperidine rings is 1. The van der Waals surface area contributed by atoms with Crippen molar-refractivity contribution in [2.24, 2.45) is 11.8 Å². The Bertz CT molecular complexity index is 664. The quantitative estimate of drug-likeness (QED) is 0.731. The predicted octanol–water partition coefficient (Wildman–Crippen LogP) is 1.80. The summed E-state index contributed by atoms with van der Waals surface area (Å²) in [6, 6.07) is 5.38. The minimum absolute atomic E-state index is 0.00980. The van der Waals surface area contributed by atoms with E-state index in [4.69, 9.17) is 11.6 Å². The van der Waals surface area contributed by atoms with E-state index in [2.05, 4.69) is 10.6 Å². The molecule has 5 nitrogen and oxygen atoms in total. The number of likely N-dealkylation sites (tertiary alicyclic amines) is 1. The largest absolute Gasteiger partial charge is 0.342 e. The van der Waals surface area contributed by atoms with E-state index in [0.717, 1.165) is 30.5 Å². The summed E-state index contributed by atoms with van der Waals surface area (Å²) in [4.78, 5) is 25.7. The van der Waals surface area contributed by atoms with Crippen molar-refractivity contribution in [2.75, 3.05) is 31.5 Å². The van der Waals surface area contributed by atoms with Crippen LogP contribution in [0.25, 0.3) is 0 Å². The molecule has 1 heterocycles. The van der Waals surface area contributed by atoms with Crippen LogP contribution in [0.5, 0.6) is 0 Å². The first-order chi connectivity index (χ1) is 12.5. The van der Waals surface area contributed by atoms with Gasteiger partial charge in [0.05, 0.1) is 19.6 Å². The van der Waals surface area contributed by atoms with Crippen molar-refractivity contribution in [1.29, 1.82) is 0 Å². The van der Waals surface area contributed by atoms with Crippen LogP contribution in [0.3, 0.4) is 0 Å². The number of nitrogens with one attached hydrogen (secondary N) is 3. The van der Waals surface area contributed by atoms with Crippen molar-refractivity contribution < 1.29 is 14.5 Å². The van der Waals surface area contributed by atoms with Crippen LogP contribution in [0.1, 0.15) is 37.7 Å². The molecule has 142 valence electrons. The Morgan fingerprint density at radius 3 is 2.73 bits per heavy atom. The molecule has 1 aromatic carbocycles. The lowest BCUT2D eigenvalue weighted by atomic mass is 9.75. The van der Waals surface area contributed by atoms with Crippen LogP contribution in [0, 0.1) is 18.8 Å². The molecule has 1 aliphatic carbocycles. The Kier molecular flexibility index (Phi) is 6.54. The second-order valence-electron chi connectivity index (χ2n) is 7.71. The van der Waals surface area contributed by atoms with Gasteiger partial charge in [0.1, 0.15) is 0 Å². The van der Waals surface area contributed by atoms with Gasteiger partial charge in [-0.1, -0.05) is 30.5 Å². The highest BCUT2D eigenvalue weighted by molar-refractivity contribution is 6.31. The number of amides is 2. The van der Waals surface area contributed by atoms with Crippen LogP contribution < -0.4 is 15.5 Å². The van der Waals surface area contributed by atoms with E-state index < -0.39 is 0 Å². The molecule has 1 unspecified atom stereocenters. The average Bonchev–Trinajstić information content (AvgIpc) is 2.64. The summed E-state index contributed by atoms with van der Waals surface area (Å²) in [6.45, 7) is 4.49. The van der Waals surface area contributed by atoms with E-state index in [1.165, 1.54) is 37.0 Å². The minimum Gasteiger partial charge on any atom is -0.342 e. The lowest BCUT2D eigenvalue weighted by molar-refractivity contribution is -0.902. The molecule has 0 bridgehead atoms. The number of halogens is 1. The van der Waals surface area contributed by atoms with Gasteiger partial charge >= 0.3 is 0 Å². The fraction of sp³-hybridized carbons (Fsp3) is 0.600. The molecule has 2 amide bonds. The number of hydrogen-bond acceptors (Lipinski definition) is 2. The minimum atomic E-state index is -0.232. The third kappa shape index (κ3) is 4.98. The second kappa shape index (κ2) is 8.87. The van der Waals surface area contributed by atoms with Crippen LogP contribution in [0.4, 0.5) is 5.69 Å². The van der Waals surface area contributed by atoms with Crippen LogP contribution in [-0.4, -0.2) is 38.0 Å². The van der Waals surface area contributed by atoms with Crippen LogP contribution in [-0.2, 0) is 9.59 Å². The number of fused-ring (bicyclic) bond motifs is 1. The average molecular weight is 379 g/mol. The van der Waals surface area contributed by atoms with Crippen molar-refractivity contribution in [2.45, 2.75) is 39.0 Å². The fourth-order valence-electron chi connectivity index (χ4n) is 4.36. The Balaban J connectivity index is 1.41. The van der Waals surface area contributed by atoms with E-state index in [9.17, 15) is 9.59 Å². The second-order valence-corrected chi connectivity index (χ2v) is 8.12. The van der Waals surface area contributed by atoms with Crippen molar-refractivity contribution >= 4 is 29.1 Å². The molecule has 0 spiro atoms. The van der Waals surface area contributed by atoms with Gasteiger partial charge in [0.2, 0.25) is 5.91 Å². The van der Waals surface area contributed by atoms with Crippen molar-refractivity contribution in [3.8, 4) is 0 Å². The van der Waals surface area contributed by atoms with Gasteiger partial charge in [-0.25, -0.2) is 0 Å². The summed E-state index contributed by atoms with van der Waals surface area (Å²) in [6.07, 6.45) is 6.63. The number of rotatable bonds is 5.